The zero-order chi connectivity index (χ0) is 19.0. The van der Waals surface area contributed by atoms with Crippen LogP contribution in [0, 0.1) is 18.8 Å². The number of fused-ring (bicyclic) bond motifs is 1. The average Bonchev–Trinajstić information content (AvgIpc) is 3.29. The van der Waals surface area contributed by atoms with Crippen molar-refractivity contribution in [1.29, 1.82) is 0 Å². The van der Waals surface area contributed by atoms with Crippen molar-refractivity contribution in [1.82, 2.24) is 14.7 Å². The molecule has 148 valence electrons. The van der Waals surface area contributed by atoms with E-state index in [2.05, 4.69) is 22.6 Å². The Morgan fingerprint density at radius 2 is 2.11 bits per heavy atom. The van der Waals surface area contributed by atoms with Gasteiger partial charge in [-0.3, -0.25) is 4.79 Å². The second-order valence-electron chi connectivity index (χ2n) is 8.19. The minimum atomic E-state index is -2.42. The molecule has 2 aliphatic heterocycles. The summed E-state index contributed by atoms with van der Waals surface area (Å²) in [6.07, 6.45) is 6.78. The Kier molecular flexibility index (Phi) is 5.19. The summed E-state index contributed by atoms with van der Waals surface area (Å²) >= 11 is 0. The van der Waals surface area contributed by atoms with Crippen molar-refractivity contribution in [2.45, 2.75) is 64.0 Å². The lowest BCUT2D eigenvalue weighted by molar-refractivity contribution is -0.133. The van der Waals surface area contributed by atoms with Gasteiger partial charge in [0.1, 0.15) is 11.9 Å². The summed E-state index contributed by atoms with van der Waals surface area (Å²) in [5.74, 6) is 1.64. The highest BCUT2D eigenvalue weighted by molar-refractivity contribution is 5.76. The van der Waals surface area contributed by atoms with Gasteiger partial charge in [-0.25, -0.2) is 13.5 Å². The molecule has 1 aromatic heterocycles. The van der Waals surface area contributed by atoms with Gasteiger partial charge in [-0.05, 0) is 50.9 Å². The largest absolute Gasteiger partial charge is 0.367 e. The number of piperidine rings is 1. The summed E-state index contributed by atoms with van der Waals surface area (Å²) in [5.41, 5.74) is 0.755. The minimum absolute atomic E-state index is 0.0163. The lowest BCUT2D eigenvalue weighted by Gasteiger charge is -2.40. The van der Waals surface area contributed by atoms with Crippen molar-refractivity contribution in [3.05, 3.63) is 23.9 Å². The van der Waals surface area contributed by atoms with E-state index >= 15 is 0 Å². The molecule has 5 nitrogen and oxygen atoms in total. The van der Waals surface area contributed by atoms with E-state index in [0.29, 0.717) is 30.5 Å². The normalized spacial score (nSPS) is 28.4. The summed E-state index contributed by atoms with van der Waals surface area (Å²) < 4.78 is 28.6. The SMILES string of the molecule is Cc1cc2n(n1)[C@@H](C(F)F)C[C@@H](C1CCN(C(=O)C[C@H]3C=CCC3)CC1)N2. The molecular weight excluding hydrogens is 350 g/mol. The zero-order valence-electron chi connectivity index (χ0n) is 15.8. The van der Waals surface area contributed by atoms with Gasteiger partial charge in [0.2, 0.25) is 5.91 Å². The smallest absolute Gasteiger partial charge is 0.260 e. The van der Waals surface area contributed by atoms with E-state index in [9.17, 15) is 13.6 Å². The molecule has 1 aromatic rings. The van der Waals surface area contributed by atoms with E-state index in [4.69, 9.17) is 0 Å². The minimum Gasteiger partial charge on any atom is -0.367 e. The van der Waals surface area contributed by atoms with Gasteiger partial charge in [0, 0.05) is 31.6 Å². The van der Waals surface area contributed by atoms with Crippen LogP contribution in [0.2, 0.25) is 0 Å². The molecular formula is C20H28F2N4O. The summed E-state index contributed by atoms with van der Waals surface area (Å²) in [6.45, 7) is 3.29. The van der Waals surface area contributed by atoms with Crippen LogP contribution in [-0.4, -0.2) is 46.1 Å². The van der Waals surface area contributed by atoms with Crippen LogP contribution in [0.4, 0.5) is 14.6 Å². The number of amides is 1. The fraction of sp³-hybridized carbons (Fsp3) is 0.700. The van der Waals surface area contributed by atoms with E-state index in [1.165, 1.54) is 4.68 Å². The number of carbonyl (C=O) groups excluding carboxylic acids is 1. The predicted molar refractivity (Wildman–Crippen MR) is 99.8 cm³/mol. The van der Waals surface area contributed by atoms with Gasteiger partial charge in [-0.1, -0.05) is 12.2 Å². The van der Waals surface area contributed by atoms with Crippen LogP contribution in [0.3, 0.4) is 0 Å². The van der Waals surface area contributed by atoms with Gasteiger partial charge in [0.05, 0.1) is 5.69 Å². The number of nitrogens with zero attached hydrogens (tertiary/aromatic N) is 3. The third-order valence-corrected chi connectivity index (χ3v) is 6.30. The van der Waals surface area contributed by atoms with E-state index in [0.717, 1.165) is 44.5 Å². The number of rotatable bonds is 4. The Bertz CT molecular complexity index is 709. The molecule has 3 heterocycles. The van der Waals surface area contributed by atoms with Crippen molar-refractivity contribution >= 4 is 11.7 Å². The Morgan fingerprint density at radius 1 is 1.33 bits per heavy atom. The molecule has 0 radical (unpaired) electrons. The Morgan fingerprint density at radius 3 is 2.78 bits per heavy atom. The van der Waals surface area contributed by atoms with E-state index in [1.807, 2.05) is 17.9 Å². The third kappa shape index (κ3) is 3.87. The molecule has 27 heavy (non-hydrogen) atoms. The molecule has 3 aliphatic rings. The van der Waals surface area contributed by atoms with Crippen LogP contribution >= 0.6 is 0 Å². The topological polar surface area (TPSA) is 50.2 Å². The molecule has 1 aliphatic carbocycles. The zero-order valence-corrected chi connectivity index (χ0v) is 15.8. The number of halogens is 2. The molecule has 4 rings (SSSR count). The highest BCUT2D eigenvalue weighted by Gasteiger charge is 2.38. The van der Waals surface area contributed by atoms with Crippen LogP contribution < -0.4 is 5.32 Å². The summed E-state index contributed by atoms with van der Waals surface area (Å²) in [7, 11) is 0. The highest BCUT2D eigenvalue weighted by Crippen LogP contribution is 2.37. The molecule has 0 bridgehead atoms. The molecule has 0 unspecified atom stereocenters. The second kappa shape index (κ2) is 7.60. The van der Waals surface area contributed by atoms with E-state index in [1.54, 1.807) is 0 Å². The number of nitrogens with one attached hydrogen (secondary N) is 1. The van der Waals surface area contributed by atoms with Crippen LogP contribution in [0.5, 0.6) is 0 Å². The van der Waals surface area contributed by atoms with Crippen molar-refractivity contribution < 1.29 is 13.6 Å². The van der Waals surface area contributed by atoms with Crippen molar-refractivity contribution in [3.63, 3.8) is 0 Å². The molecule has 3 atom stereocenters. The quantitative estimate of drug-likeness (QED) is 0.812. The number of hydrogen-bond donors (Lipinski definition) is 1. The van der Waals surface area contributed by atoms with Crippen molar-refractivity contribution in [2.75, 3.05) is 18.4 Å². The molecule has 7 heteroatoms. The first-order chi connectivity index (χ1) is 13.0. The number of allylic oxidation sites excluding steroid dienone is 2. The van der Waals surface area contributed by atoms with Gasteiger partial charge in [0.15, 0.2) is 0 Å². The monoisotopic (exact) mass is 378 g/mol. The summed E-state index contributed by atoms with van der Waals surface area (Å²) in [5, 5.41) is 7.66. The van der Waals surface area contributed by atoms with E-state index in [-0.39, 0.29) is 11.9 Å². The first-order valence-electron chi connectivity index (χ1n) is 10.1. The molecule has 1 fully saturated rings. The number of alkyl halides is 2. The fourth-order valence-electron chi connectivity index (χ4n) is 4.78. The molecule has 1 amide bonds. The number of hydrogen-bond acceptors (Lipinski definition) is 3. The van der Waals surface area contributed by atoms with Crippen molar-refractivity contribution in [2.24, 2.45) is 11.8 Å². The maximum atomic E-state index is 13.6. The van der Waals surface area contributed by atoms with Crippen molar-refractivity contribution in [3.8, 4) is 0 Å². The van der Waals surface area contributed by atoms with Gasteiger partial charge in [-0.15, -0.1) is 0 Å². The first-order valence-corrected chi connectivity index (χ1v) is 10.1. The number of anilines is 1. The lowest BCUT2D eigenvalue weighted by atomic mass is 9.84. The summed E-state index contributed by atoms with van der Waals surface area (Å²) in [4.78, 5) is 14.5. The molecule has 0 spiro atoms. The van der Waals surface area contributed by atoms with Crippen LogP contribution in [0.1, 0.15) is 50.3 Å². The number of likely N-dealkylation sites (tertiary alicyclic amines) is 1. The maximum absolute atomic E-state index is 13.6. The molecule has 0 aromatic carbocycles. The average molecular weight is 378 g/mol. The highest BCUT2D eigenvalue weighted by atomic mass is 19.3. The molecule has 1 saturated heterocycles. The Hall–Kier alpha value is -1.92. The van der Waals surface area contributed by atoms with Crippen LogP contribution in [0.25, 0.3) is 0 Å². The third-order valence-electron chi connectivity index (χ3n) is 6.30. The van der Waals surface area contributed by atoms with E-state index < -0.39 is 12.5 Å². The van der Waals surface area contributed by atoms with Crippen LogP contribution in [0.15, 0.2) is 18.2 Å². The summed E-state index contributed by atoms with van der Waals surface area (Å²) in [6, 6.07) is 0.992. The van der Waals surface area contributed by atoms with Crippen LogP contribution in [-0.2, 0) is 4.79 Å². The first kappa shape index (κ1) is 18.4. The Balaban J connectivity index is 1.35. The number of aromatic nitrogens is 2. The predicted octanol–water partition coefficient (Wildman–Crippen LogP) is 3.78. The number of carbonyl (C=O) groups is 1. The van der Waals surface area contributed by atoms with Gasteiger partial charge < -0.3 is 10.2 Å². The second-order valence-corrected chi connectivity index (χ2v) is 8.19. The van der Waals surface area contributed by atoms with Gasteiger partial charge >= 0.3 is 0 Å². The fourth-order valence-corrected chi connectivity index (χ4v) is 4.78. The Labute approximate surface area is 158 Å². The number of aryl methyl sites for hydroxylation is 1. The van der Waals surface area contributed by atoms with Gasteiger partial charge in [-0.2, -0.15) is 5.10 Å². The van der Waals surface area contributed by atoms with Gasteiger partial charge in [0.25, 0.3) is 6.43 Å². The maximum Gasteiger partial charge on any atom is 0.260 e. The standard InChI is InChI=1S/C20H28F2N4O/c1-13-10-18-23-16(12-17(20(21)22)26(18)24-13)15-6-8-25(9-7-15)19(27)11-14-4-2-3-5-14/h2,4,10,14-17,20,23H,3,5-9,11-12H2,1H3/t14-,16-,17+/m0/s1. The lowest BCUT2D eigenvalue weighted by Crippen LogP contribution is -2.46. The molecule has 1 N–H and O–H groups in total. The molecule has 0 saturated carbocycles.